The molecule has 2 aliphatic heterocycles. The molecule has 2 saturated heterocycles. The first kappa shape index (κ1) is 16.6. The largest absolute Gasteiger partial charge is 0.387 e. The summed E-state index contributed by atoms with van der Waals surface area (Å²) >= 11 is 0. The first-order valence-corrected chi connectivity index (χ1v) is 7.65. The summed E-state index contributed by atoms with van der Waals surface area (Å²) in [5.41, 5.74) is 0.899. The molecular weight excluding hydrogens is 300 g/mol. The van der Waals surface area contributed by atoms with Crippen molar-refractivity contribution in [3.63, 3.8) is 0 Å². The van der Waals surface area contributed by atoms with Gasteiger partial charge in [0.2, 0.25) is 0 Å². The topological polar surface area (TPSA) is 66.4 Å². The van der Waals surface area contributed by atoms with Gasteiger partial charge in [0.15, 0.2) is 12.6 Å². The Morgan fingerprint density at radius 1 is 1.30 bits per heavy atom. The maximum absolute atomic E-state index is 10.7. The zero-order chi connectivity index (χ0) is 16.2. The summed E-state index contributed by atoms with van der Waals surface area (Å²) in [5.74, 6) is 0. The number of aliphatic hydroxyl groups excluding tert-OH is 1. The van der Waals surface area contributed by atoms with E-state index in [1.807, 2.05) is 30.3 Å². The van der Waals surface area contributed by atoms with Gasteiger partial charge in [-0.1, -0.05) is 36.4 Å². The van der Waals surface area contributed by atoms with E-state index >= 15 is 0 Å². The van der Waals surface area contributed by atoms with Crippen molar-refractivity contribution in [3.05, 3.63) is 48.6 Å². The molecule has 6 atom stereocenters. The van der Waals surface area contributed by atoms with Crippen LogP contribution in [0.25, 0.3) is 0 Å². The molecule has 126 valence electrons. The van der Waals surface area contributed by atoms with Gasteiger partial charge in [-0.2, -0.15) is 0 Å². The SMILES string of the molecule is C=CCOC1C(OC)OC2COC(c3ccccc3)OC2C1O. The van der Waals surface area contributed by atoms with Gasteiger partial charge in [-0.15, -0.1) is 6.58 Å². The highest BCUT2D eigenvalue weighted by molar-refractivity contribution is 5.16. The van der Waals surface area contributed by atoms with E-state index in [1.54, 1.807) is 6.08 Å². The van der Waals surface area contributed by atoms with Crippen molar-refractivity contribution in [3.8, 4) is 0 Å². The van der Waals surface area contributed by atoms with Crippen LogP contribution in [0.4, 0.5) is 0 Å². The Bertz CT molecular complexity index is 507. The third-order valence-electron chi connectivity index (χ3n) is 4.02. The first-order chi connectivity index (χ1) is 11.2. The van der Waals surface area contributed by atoms with E-state index in [-0.39, 0.29) is 0 Å². The predicted molar refractivity (Wildman–Crippen MR) is 81.6 cm³/mol. The zero-order valence-corrected chi connectivity index (χ0v) is 13.0. The van der Waals surface area contributed by atoms with Gasteiger partial charge in [-0.3, -0.25) is 0 Å². The van der Waals surface area contributed by atoms with Gasteiger partial charge in [0.1, 0.15) is 24.4 Å². The summed E-state index contributed by atoms with van der Waals surface area (Å²) in [6.07, 6.45) is -2.07. The number of fused-ring (bicyclic) bond motifs is 1. The molecule has 0 radical (unpaired) electrons. The average molecular weight is 322 g/mol. The Labute approximate surface area is 135 Å². The minimum Gasteiger partial charge on any atom is -0.387 e. The Hall–Kier alpha value is -1.28. The van der Waals surface area contributed by atoms with Crippen LogP contribution in [0.15, 0.2) is 43.0 Å². The molecule has 0 saturated carbocycles. The van der Waals surface area contributed by atoms with E-state index in [0.29, 0.717) is 13.2 Å². The third kappa shape index (κ3) is 3.47. The zero-order valence-electron chi connectivity index (χ0n) is 13.0. The number of ether oxygens (including phenoxy) is 5. The maximum atomic E-state index is 10.7. The highest BCUT2D eigenvalue weighted by atomic mass is 16.8. The van der Waals surface area contributed by atoms with Crippen LogP contribution in [0.1, 0.15) is 11.9 Å². The van der Waals surface area contributed by atoms with Gasteiger partial charge in [0.25, 0.3) is 0 Å². The average Bonchev–Trinajstić information content (AvgIpc) is 2.61. The van der Waals surface area contributed by atoms with E-state index in [2.05, 4.69) is 6.58 Å². The molecule has 1 N–H and O–H groups in total. The number of benzene rings is 1. The molecular formula is C17H22O6. The van der Waals surface area contributed by atoms with Gasteiger partial charge in [-0.25, -0.2) is 0 Å². The quantitative estimate of drug-likeness (QED) is 0.827. The van der Waals surface area contributed by atoms with Crippen LogP contribution in [-0.4, -0.2) is 56.1 Å². The Kier molecular flexibility index (Phi) is 5.42. The summed E-state index contributed by atoms with van der Waals surface area (Å²) in [7, 11) is 1.51. The van der Waals surface area contributed by atoms with Crippen molar-refractivity contribution >= 4 is 0 Å². The lowest BCUT2D eigenvalue weighted by Crippen LogP contribution is -2.62. The molecule has 0 spiro atoms. The van der Waals surface area contributed by atoms with Gasteiger partial charge in [0, 0.05) is 12.7 Å². The lowest BCUT2D eigenvalue weighted by molar-refractivity contribution is -0.361. The molecule has 3 rings (SSSR count). The molecule has 6 nitrogen and oxygen atoms in total. The van der Waals surface area contributed by atoms with Crippen LogP contribution in [0.5, 0.6) is 0 Å². The highest BCUT2D eigenvalue weighted by Gasteiger charge is 2.50. The van der Waals surface area contributed by atoms with Crippen LogP contribution in [0.2, 0.25) is 0 Å². The molecule has 2 fully saturated rings. The molecule has 2 aliphatic rings. The normalized spacial score (nSPS) is 37.1. The molecule has 0 aliphatic carbocycles. The maximum Gasteiger partial charge on any atom is 0.186 e. The molecule has 0 aromatic heterocycles. The lowest BCUT2D eigenvalue weighted by atomic mass is 9.97. The highest BCUT2D eigenvalue weighted by Crippen LogP contribution is 2.35. The number of aliphatic hydroxyl groups is 1. The summed E-state index contributed by atoms with van der Waals surface area (Å²) in [4.78, 5) is 0. The van der Waals surface area contributed by atoms with E-state index < -0.39 is 37.0 Å². The van der Waals surface area contributed by atoms with Crippen LogP contribution in [-0.2, 0) is 23.7 Å². The minimum atomic E-state index is -0.881. The first-order valence-electron chi connectivity index (χ1n) is 7.65. The molecule has 1 aromatic rings. The van der Waals surface area contributed by atoms with Crippen molar-refractivity contribution < 1.29 is 28.8 Å². The molecule has 0 bridgehead atoms. The van der Waals surface area contributed by atoms with Crippen molar-refractivity contribution in [1.82, 2.24) is 0 Å². The summed E-state index contributed by atoms with van der Waals surface area (Å²) < 4.78 is 28.3. The molecule has 0 amide bonds. The van der Waals surface area contributed by atoms with Crippen LogP contribution < -0.4 is 0 Å². The van der Waals surface area contributed by atoms with Crippen LogP contribution >= 0.6 is 0 Å². The number of rotatable bonds is 5. The van der Waals surface area contributed by atoms with Crippen molar-refractivity contribution in [2.24, 2.45) is 0 Å². The molecule has 2 heterocycles. The number of hydrogen-bond donors (Lipinski definition) is 1. The smallest absolute Gasteiger partial charge is 0.186 e. The van der Waals surface area contributed by atoms with Gasteiger partial charge >= 0.3 is 0 Å². The number of methoxy groups -OCH3 is 1. The molecule has 6 unspecified atom stereocenters. The second kappa shape index (κ2) is 7.53. The van der Waals surface area contributed by atoms with Gasteiger partial charge in [-0.05, 0) is 0 Å². The van der Waals surface area contributed by atoms with Gasteiger partial charge in [0.05, 0.1) is 13.2 Å². The van der Waals surface area contributed by atoms with Crippen LogP contribution in [0, 0.1) is 0 Å². The van der Waals surface area contributed by atoms with E-state index in [1.165, 1.54) is 7.11 Å². The van der Waals surface area contributed by atoms with E-state index in [0.717, 1.165) is 5.56 Å². The fourth-order valence-corrected chi connectivity index (χ4v) is 2.89. The third-order valence-corrected chi connectivity index (χ3v) is 4.02. The van der Waals surface area contributed by atoms with Crippen molar-refractivity contribution in [2.75, 3.05) is 20.3 Å². The summed E-state index contributed by atoms with van der Waals surface area (Å²) in [6, 6.07) is 9.60. The summed E-state index contributed by atoms with van der Waals surface area (Å²) in [5, 5.41) is 10.7. The Morgan fingerprint density at radius 3 is 2.78 bits per heavy atom. The fourth-order valence-electron chi connectivity index (χ4n) is 2.89. The monoisotopic (exact) mass is 322 g/mol. The molecule has 1 aromatic carbocycles. The van der Waals surface area contributed by atoms with E-state index in [4.69, 9.17) is 23.7 Å². The molecule has 23 heavy (non-hydrogen) atoms. The lowest BCUT2D eigenvalue weighted by Gasteiger charge is -2.47. The van der Waals surface area contributed by atoms with Crippen LogP contribution in [0.3, 0.4) is 0 Å². The predicted octanol–water partition coefficient (Wildman–Crippen LogP) is 1.40. The Balaban J connectivity index is 1.73. The molecule has 6 heteroatoms. The van der Waals surface area contributed by atoms with Gasteiger partial charge < -0.3 is 28.8 Å². The second-order valence-electron chi connectivity index (χ2n) is 5.53. The summed E-state index contributed by atoms with van der Waals surface area (Å²) in [6.45, 7) is 4.22. The fraction of sp³-hybridized carbons (Fsp3) is 0.529. The van der Waals surface area contributed by atoms with Crippen molar-refractivity contribution in [1.29, 1.82) is 0 Å². The Morgan fingerprint density at radius 2 is 2.09 bits per heavy atom. The minimum absolute atomic E-state index is 0.293. The standard InChI is InChI=1S/C17H22O6/c1-3-9-20-15-13(18)14-12(22-17(15)19-2)10-21-16(23-14)11-7-5-4-6-8-11/h3-8,12-18H,1,9-10H2,2H3. The second-order valence-corrected chi connectivity index (χ2v) is 5.53. The number of hydrogen-bond acceptors (Lipinski definition) is 6. The van der Waals surface area contributed by atoms with E-state index in [9.17, 15) is 5.11 Å². The van der Waals surface area contributed by atoms with Crippen molar-refractivity contribution in [2.45, 2.75) is 37.0 Å².